The normalized spacial score (nSPS) is 14.4. The van der Waals surface area contributed by atoms with Crippen LogP contribution in [0.3, 0.4) is 0 Å². The van der Waals surface area contributed by atoms with Crippen LogP contribution in [-0.4, -0.2) is 12.3 Å². The molecular weight excluding hydrogens is 322 g/mol. The van der Waals surface area contributed by atoms with Crippen LogP contribution in [0, 0.1) is 13.8 Å². The number of fused-ring (bicyclic) bond motifs is 3. The van der Waals surface area contributed by atoms with Crippen LogP contribution in [0.2, 0.25) is 0 Å². The zero-order valence-corrected chi connectivity index (χ0v) is 16.7. The van der Waals surface area contributed by atoms with Gasteiger partial charge in [-0.05, 0) is 67.7 Å². The Morgan fingerprint density at radius 3 is 2.00 bits per heavy atom. The van der Waals surface area contributed by atoms with Crippen molar-refractivity contribution in [3.8, 4) is 11.1 Å². The van der Waals surface area contributed by atoms with Crippen LogP contribution in [0.15, 0.2) is 36.4 Å². The summed E-state index contributed by atoms with van der Waals surface area (Å²) in [6.45, 7) is 7.51. The summed E-state index contributed by atoms with van der Waals surface area (Å²) in [6, 6.07) is 14.1. The smallest absolute Gasteiger partial charge is 0.0669 e. The molecule has 0 aliphatic heterocycles. The van der Waals surface area contributed by atoms with Gasteiger partial charge in [-0.3, -0.25) is 0 Å². The maximum atomic E-state index is 5.81. The summed E-state index contributed by atoms with van der Waals surface area (Å²) in [5, 5.41) is 0. The lowest BCUT2D eigenvalue weighted by Crippen LogP contribution is -2.22. The van der Waals surface area contributed by atoms with Crippen LogP contribution < -0.4 is 5.73 Å². The molecule has 2 aromatic carbocycles. The highest BCUT2D eigenvalue weighted by Crippen LogP contribution is 2.58. The maximum absolute atomic E-state index is 5.81. The summed E-state index contributed by atoms with van der Waals surface area (Å²) in [5.74, 6) is 1.22. The number of thioether (sulfide) groups is 1. The number of unbranched alkanes of at least 4 members (excludes halogenated alkanes) is 2. The van der Waals surface area contributed by atoms with Gasteiger partial charge in [-0.2, -0.15) is 0 Å². The average Bonchev–Trinajstić information content (AvgIpc) is 2.85. The van der Waals surface area contributed by atoms with Crippen molar-refractivity contribution in [2.75, 3.05) is 12.3 Å². The van der Waals surface area contributed by atoms with E-state index < -0.39 is 0 Å². The summed E-state index contributed by atoms with van der Waals surface area (Å²) >= 11 is 2.17. The Morgan fingerprint density at radius 1 is 0.880 bits per heavy atom. The lowest BCUT2D eigenvalue weighted by Gasteiger charge is -2.32. The SMILES string of the molecule is CCCCSC1(CCCCN)c2cc(C)ccc2-c2ccc(C)cc21. The number of nitrogens with two attached hydrogens (primary N) is 1. The molecule has 0 radical (unpaired) electrons. The van der Waals surface area contributed by atoms with Gasteiger partial charge < -0.3 is 5.73 Å². The van der Waals surface area contributed by atoms with Crippen LogP contribution in [0.25, 0.3) is 11.1 Å². The molecule has 1 nitrogen and oxygen atoms in total. The first-order chi connectivity index (χ1) is 12.1. The van der Waals surface area contributed by atoms with E-state index in [9.17, 15) is 0 Å². The molecule has 2 heteroatoms. The van der Waals surface area contributed by atoms with Crippen LogP contribution in [0.5, 0.6) is 0 Å². The summed E-state index contributed by atoms with van der Waals surface area (Å²) < 4.78 is 0.104. The molecular formula is C23H31NS. The highest BCUT2D eigenvalue weighted by molar-refractivity contribution is 8.00. The Hall–Kier alpha value is -1.25. The standard InChI is InChI=1S/C23H31NS/c1-4-5-14-25-23(12-6-7-13-24)21-15-17(2)8-10-19(21)20-11-9-18(3)16-22(20)23/h8-11,15-16H,4-7,12-14,24H2,1-3H3. The summed E-state index contributed by atoms with van der Waals surface area (Å²) in [7, 11) is 0. The third-order valence-electron chi connectivity index (χ3n) is 5.34. The van der Waals surface area contributed by atoms with Gasteiger partial charge in [0.1, 0.15) is 0 Å². The van der Waals surface area contributed by atoms with Gasteiger partial charge in [0.2, 0.25) is 0 Å². The molecule has 0 bridgehead atoms. The zero-order valence-electron chi connectivity index (χ0n) is 15.9. The van der Waals surface area contributed by atoms with E-state index in [4.69, 9.17) is 5.73 Å². The lowest BCUT2D eigenvalue weighted by atomic mass is 9.89. The maximum Gasteiger partial charge on any atom is 0.0669 e. The summed E-state index contributed by atoms with van der Waals surface area (Å²) in [4.78, 5) is 0. The quantitative estimate of drug-likeness (QED) is 0.573. The molecule has 0 saturated carbocycles. The van der Waals surface area contributed by atoms with Gasteiger partial charge in [-0.1, -0.05) is 67.3 Å². The number of hydrogen-bond acceptors (Lipinski definition) is 2. The zero-order chi connectivity index (χ0) is 17.9. The molecule has 0 unspecified atom stereocenters. The Labute approximate surface area is 157 Å². The molecule has 134 valence electrons. The minimum Gasteiger partial charge on any atom is -0.330 e. The van der Waals surface area contributed by atoms with E-state index in [1.807, 2.05) is 0 Å². The summed E-state index contributed by atoms with van der Waals surface area (Å²) in [5.41, 5.74) is 14.5. The lowest BCUT2D eigenvalue weighted by molar-refractivity contribution is 0.602. The van der Waals surface area contributed by atoms with Gasteiger partial charge in [0.15, 0.2) is 0 Å². The molecule has 0 aromatic heterocycles. The molecule has 3 rings (SSSR count). The predicted molar refractivity (Wildman–Crippen MR) is 112 cm³/mol. The fraction of sp³-hybridized carbons (Fsp3) is 0.478. The van der Waals surface area contributed by atoms with E-state index in [-0.39, 0.29) is 4.75 Å². The largest absolute Gasteiger partial charge is 0.330 e. The molecule has 0 heterocycles. The fourth-order valence-electron chi connectivity index (χ4n) is 4.01. The number of hydrogen-bond donors (Lipinski definition) is 1. The monoisotopic (exact) mass is 353 g/mol. The Morgan fingerprint density at radius 2 is 1.48 bits per heavy atom. The third kappa shape index (κ3) is 3.52. The predicted octanol–water partition coefficient (Wildman–Crippen LogP) is 6.19. The fourth-order valence-corrected chi connectivity index (χ4v) is 5.72. The Kier molecular flexibility index (Phi) is 5.91. The van der Waals surface area contributed by atoms with Gasteiger partial charge in [0, 0.05) is 0 Å². The highest BCUT2D eigenvalue weighted by atomic mass is 32.2. The number of benzene rings is 2. The van der Waals surface area contributed by atoms with E-state index in [0.29, 0.717) is 0 Å². The number of rotatable bonds is 8. The van der Waals surface area contributed by atoms with Crippen molar-refractivity contribution in [3.05, 3.63) is 58.7 Å². The molecule has 0 fully saturated rings. The van der Waals surface area contributed by atoms with Crippen LogP contribution >= 0.6 is 11.8 Å². The molecule has 0 saturated heterocycles. The second-order valence-electron chi connectivity index (χ2n) is 7.37. The van der Waals surface area contributed by atoms with Crippen LogP contribution in [-0.2, 0) is 4.75 Å². The number of aryl methyl sites for hydroxylation is 2. The molecule has 1 aliphatic carbocycles. The van der Waals surface area contributed by atoms with E-state index in [1.165, 1.54) is 64.8 Å². The first-order valence-corrected chi connectivity index (χ1v) is 10.7. The van der Waals surface area contributed by atoms with Gasteiger partial charge in [0.25, 0.3) is 0 Å². The second kappa shape index (κ2) is 7.97. The Bertz CT molecular complexity index is 671. The van der Waals surface area contributed by atoms with E-state index in [0.717, 1.165) is 13.0 Å². The van der Waals surface area contributed by atoms with Gasteiger partial charge in [-0.25, -0.2) is 0 Å². The third-order valence-corrected chi connectivity index (χ3v) is 6.97. The molecule has 0 spiro atoms. The van der Waals surface area contributed by atoms with Crippen molar-refractivity contribution in [2.45, 2.75) is 57.6 Å². The summed E-state index contributed by atoms with van der Waals surface area (Å²) in [6.07, 6.45) is 6.03. The highest BCUT2D eigenvalue weighted by Gasteiger charge is 2.43. The minimum atomic E-state index is 0.104. The first-order valence-electron chi connectivity index (χ1n) is 9.69. The van der Waals surface area contributed by atoms with Crippen molar-refractivity contribution in [1.29, 1.82) is 0 Å². The van der Waals surface area contributed by atoms with Gasteiger partial charge in [0.05, 0.1) is 4.75 Å². The van der Waals surface area contributed by atoms with Crippen LogP contribution in [0.4, 0.5) is 0 Å². The van der Waals surface area contributed by atoms with Crippen molar-refractivity contribution >= 4 is 11.8 Å². The molecule has 1 aliphatic rings. The van der Waals surface area contributed by atoms with E-state index in [1.54, 1.807) is 0 Å². The molecule has 0 atom stereocenters. The van der Waals surface area contributed by atoms with E-state index in [2.05, 4.69) is 68.9 Å². The molecule has 2 aromatic rings. The minimum absolute atomic E-state index is 0.104. The van der Waals surface area contributed by atoms with Crippen molar-refractivity contribution < 1.29 is 0 Å². The van der Waals surface area contributed by atoms with Gasteiger partial charge in [-0.15, -0.1) is 11.8 Å². The first kappa shape index (κ1) is 18.5. The molecule has 25 heavy (non-hydrogen) atoms. The van der Waals surface area contributed by atoms with E-state index >= 15 is 0 Å². The van der Waals surface area contributed by atoms with Crippen molar-refractivity contribution in [1.82, 2.24) is 0 Å². The average molecular weight is 354 g/mol. The van der Waals surface area contributed by atoms with Crippen molar-refractivity contribution in [3.63, 3.8) is 0 Å². The topological polar surface area (TPSA) is 26.0 Å². The second-order valence-corrected chi connectivity index (χ2v) is 8.77. The molecule has 2 N–H and O–H groups in total. The molecule has 0 amide bonds. The van der Waals surface area contributed by atoms with Crippen molar-refractivity contribution in [2.24, 2.45) is 5.73 Å². The Balaban J connectivity index is 2.13. The van der Waals surface area contributed by atoms with Gasteiger partial charge >= 0.3 is 0 Å². The van der Waals surface area contributed by atoms with Crippen LogP contribution in [0.1, 0.15) is 61.3 Å².